The van der Waals surface area contributed by atoms with E-state index < -0.39 is 0 Å². The molecule has 2 rings (SSSR count). The summed E-state index contributed by atoms with van der Waals surface area (Å²) in [5.74, 6) is 1.23. The topological polar surface area (TPSA) is 33.0 Å². The van der Waals surface area contributed by atoms with Crippen LogP contribution >= 0.6 is 11.6 Å². The Kier molecular flexibility index (Phi) is 3.86. The van der Waals surface area contributed by atoms with Gasteiger partial charge in [-0.1, -0.05) is 30.7 Å². The first-order valence-corrected chi connectivity index (χ1v) is 6.07. The van der Waals surface area contributed by atoms with E-state index in [1.165, 1.54) is 5.56 Å². The van der Waals surface area contributed by atoms with E-state index in [1.807, 2.05) is 24.3 Å². The number of ether oxygens (including phenoxy) is 1. The molecule has 0 aliphatic heterocycles. The van der Waals surface area contributed by atoms with Crippen LogP contribution in [0, 0.1) is 11.3 Å². The number of halogens is 1. The number of hydrogen-bond acceptors (Lipinski definition) is 2. The number of rotatable bonds is 3. The Balaban J connectivity index is 2.30. The molecule has 0 heterocycles. The molecular weight excluding hydrogens is 246 g/mol. The maximum absolute atomic E-state index is 8.85. The molecule has 0 spiro atoms. The van der Waals surface area contributed by atoms with E-state index in [4.69, 9.17) is 21.6 Å². The van der Waals surface area contributed by atoms with E-state index >= 15 is 0 Å². The molecule has 0 atom stereocenters. The Hall–Kier alpha value is -1.98. The van der Waals surface area contributed by atoms with Gasteiger partial charge in [-0.15, -0.1) is 0 Å². The SMILES string of the molecule is CCc1cccc(Oc2cc(C#N)ccc2Cl)c1. The van der Waals surface area contributed by atoms with Crippen LogP contribution in [0.25, 0.3) is 0 Å². The monoisotopic (exact) mass is 257 g/mol. The molecule has 0 saturated carbocycles. The summed E-state index contributed by atoms with van der Waals surface area (Å²) in [6, 6.07) is 14.9. The maximum Gasteiger partial charge on any atom is 0.147 e. The largest absolute Gasteiger partial charge is 0.456 e. The first-order chi connectivity index (χ1) is 8.72. The number of nitriles is 1. The second-order valence-corrected chi connectivity index (χ2v) is 4.27. The van der Waals surface area contributed by atoms with Gasteiger partial charge in [0.2, 0.25) is 0 Å². The van der Waals surface area contributed by atoms with Gasteiger partial charge in [0.05, 0.1) is 16.7 Å². The minimum atomic E-state index is 0.496. The average Bonchev–Trinajstić information content (AvgIpc) is 2.41. The van der Waals surface area contributed by atoms with E-state index in [2.05, 4.69) is 13.0 Å². The van der Waals surface area contributed by atoms with Crippen molar-refractivity contribution in [2.45, 2.75) is 13.3 Å². The Labute approximate surface area is 111 Å². The maximum atomic E-state index is 8.85. The molecule has 0 aromatic heterocycles. The van der Waals surface area contributed by atoms with E-state index in [9.17, 15) is 0 Å². The molecule has 0 saturated heterocycles. The van der Waals surface area contributed by atoms with E-state index in [-0.39, 0.29) is 0 Å². The third kappa shape index (κ3) is 2.82. The fraction of sp³-hybridized carbons (Fsp3) is 0.133. The van der Waals surface area contributed by atoms with Crippen molar-refractivity contribution in [3.8, 4) is 17.6 Å². The predicted octanol–water partition coefficient (Wildman–Crippen LogP) is 4.57. The Morgan fingerprint density at radius 3 is 2.78 bits per heavy atom. The minimum Gasteiger partial charge on any atom is -0.456 e. The van der Waals surface area contributed by atoms with Gasteiger partial charge in [-0.25, -0.2) is 0 Å². The van der Waals surface area contributed by atoms with Crippen LogP contribution in [0.3, 0.4) is 0 Å². The van der Waals surface area contributed by atoms with Crippen molar-refractivity contribution >= 4 is 11.6 Å². The lowest BCUT2D eigenvalue weighted by Gasteiger charge is -2.08. The zero-order chi connectivity index (χ0) is 13.0. The van der Waals surface area contributed by atoms with Crippen LogP contribution in [0.4, 0.5) is 0 Å². The zero-order valence-electron chi connectivity index (χ0n) is 9.98. The van der Waals surface area contributed by atoms with Gasteiger partial charge in [-0.05, 0) is 36.2 Å². The Morgan fingerprint density at radius 1 is 1.22 bits per heavy atom. The highest BCUT2D eigenvalue weighted by molar-refractivity contribution is 6.32. The highest BCUT2D eigenvalue weighted by atomic mass is 35.5. The number of aryl methyl sites for hydroxylation is 1. The second-order valence-electron chi connectivity index (χ2n) is 3.86. The summed E-state index contributed by atoms with van der Waals surface area (Å²) in [5, 5.41) is 9.35. The van der Waals surface area contributed by atoms with Gasteiger partial charge in [0.1, 0.15) is 11.5 Å². The number of hydrogen-bond donors (Lipinski definition) is 0. The van der Waals surface area contributed by atoms with Gasteiger partial charge in [0.15, 0.2) is 0 Å². The van der Waals surface area contributed by atoms with Crippen LogP contribution in [0.15, 0.2) is 42.5 Å². The molecular formula is C15H12ClNO. The standard InChI is InChI=1S/C15H12ClNO/c1-2-11-4-3-5-13(8-11)18-15-9-12(10-17)6-7-14(15)16/h3-9H,2H2,1H3. The van der Waals surface area contributed by atoms with Crippen LogP contribution < -0.4 is 4.74 Å². The molecule has 0 bridgehead atoms. The molecule has 3 heteroatoms. The molecule has 0 N–H and O–H groups in total. The van der Waals surface area contributed by atoms with Crippen molar-refractivity contribution in [2.75, 3.05) is 0 Å². The lowest BCUT2D eigenvalue weighted by atomic mass is 10.1. The van der Waals surface area contributed by atoms with Crippen molar-refractivity contribution < 1.29 is 4.74 Å². The third-order valence-corrected chi connectivity index (χ3v) is 2.91. The van der Waals surface area contributed by atoms with Gasteiger partial charge in [-0.3, -0.25) is 0 Å². The normalized spacial score (nSPS) is 9.83. The Morgan fingerprint density at radius 2 is 2.06 bits per heavy atom. The van der Waals surface area contributed by atoms with Crippen molar-refractivity contribution in [2.24, 2.45) is 0 Å². The molecule has 0 amide bonds. The summed E-state index contributed by atoms with van der Waals surface area (Å²) in [4.78, 5) is 0. The first kappa shape index (κ1) is 12.5. The fourth-order valence-corrected chi connectivity index (χ4v) is 1.76. The molecule has 0 unspecified atom stereocenters. The molecule has 2 nitrogen and oxygen atoms in total. The van der Waals surface area contributed by atoms with Gasteiger partial charge < -0.3 is 4.74 Å². The van der Waals surface area contributed by atoms with Crippen LogP contribution in [-0.4, -0.2) is 0 Å². The van der Waals surface area contributed by atoms with Gasteiger partial charge in [-0.2, -0.15) is 5.26 Å². The smallest absolute Gasteiger partial charge is 0.147 e. The summed E-state index contributed by atoms with van der Waals surface area (Å²) in [6.45, 7) is 2.09. The Bertz CT molecular complexity index is 602. The molecule has 0 radical (unpaired) electrons. The molecule has 90 valence electrons. The lowest BCUT2D eigenvalue weighted by Crippen LogP contribution is -1.88. The summed E-state index contributed by atoms with van der Waals surface area (Å²) < 4.78 is 5.71. The van der Waals surface area contributed by atoms with E-state index in [0.717, 1.165) is 12.2 Å². The number of nitrogens with zero attached hydrogens (tertiary/aromatic N) is 1. The summed E-state index contributed by atoms with van der Waals surface area (Å²) >= 11 is 6.04. The number of benzene rings is 2. The van der Waals surface area contributed by atoms with Crippen LogP contribution in [0.1, 0.15) is 18.1 Å². The fourth-order valence-electron chi connectivity index (χ4n) is 1.61. The van der Waals surface area contributed by atoms with Crippen molar-refractivity contribution in [3.05, 3.63) is 58.6 Å². The van der Waals surface area contributed by atoms with Crippen molar-refractivity contribution in [3.63, 3.8) is 0 Å². The highest BCUT2D eigenvalue weighted by Gasteiger charge is 2.05. The molecule has 0 aliphatic rings. The minimum absolute atomic E-state index is 0.496. The molecule has 0 aliphatic carbocycles. The average molecular weight is 258 g/mol. The second kappa shape index (κ2) is 5.57. The van der Waals surface area contributed by atoms with Crippen LogP contribution in [0.2, 0.25) is 5.02 Å². The van der Waals surface area contributed by atoms with Crippen LogP contribution in [0.5, 0.6) is 11.5 Å². The molecule has 2 aromatic carbocycles. The van der Waals surface area contributed by atoms with Gasteiger partial charge in [0.25, 0.3) is 0 Å². The molecule has 0 fully saturated rings. The summed E-state index contributed by atoms with van der Waals surface area (Å²) in [5.41, 5.74) is 1.72. The highest BCUT2D eigenvalue weighted by Crippen LogP contribution is 2.30. The van der Waals surface area contributed by atoms with E-state index in [1.54, 1.807) is 18.2 Å². The van der Waals surface area contributed by atoms with Crippen molar-refractivity contribution in [1.82, 2.24) is 0 Å². The lowest BCUT2D eigenvalue weighted by molar-refractivity contribution is 0.482. The molecule has 18 heavy (non-hydrogen) atoms. The van der Waals surface area contributed by atoms with E-state index in [0.29, 0.717) is 16.3 Å². The van der Waals surface area contributed by atoms with Crippen LogP contribution in [-0.2, 0) is 6.42 Å². The summed E-state index contributed by atoms with van der Waals surface area (Å²) in [7, 11) is 0. The van der Waals surface area contributed by atoms with Gasteiger partial charge in [0, 0.05) is 6.07 Å². The molecule has 2 aromatic rings. The summed E-state index contributed by atoms with van der Waals surface area (Å²) in [6.07, 6.45) is 0.948. The van der Waals surface area contributed by atoms with Gasteiger partial charge >= 0.3 is 0 Å². The third-order valence-electron chi connectivity index (χ3n) is 2.59. The predicted molar refractivity (Wildman–Crippen MR) is 72.1 cm³/mol. The zero-order valence-corrected chi connectivity index (χ0v) is 10.7. The first-order valence-electron chi connectivity index (χ1n) is 5.69. The van der Waals surface area contributed by atoms with Crippen molar-refractivity contribution in [1.29, 1.82) is 5.26 Å². The quantitative estimate of drug-likeness (QED) is 0.807.